The van der Waals surface area contributed by atoms with Gasteiger partial charge in [-0.05, 0) is 48.2 Å². The first-order valence-electron chi connectivity index (χ1n) is 8.99. The van der Waals surface area contributed by atoms with E-state index in [2.05, 4.69) is 28.6 Å². The lowest BCUT2D eigenvalue weighted by molar-refractivity contribution is 0.284. The second kappa shape index (κ2) is 11.8. The van der Waals surface area contributed by atoms with Crippen molar-refractivity contribution in [3.63, 3.8) is 0 Å². The Labute approximate surface area is 161 Å². The molecular weight excluding hydrogens is 346 g/mol. The maximum atomic E-state index is 8.91. The Balaban J connectivity index is 1.96. The molecule has 2 aromatic carbocycles. The van der Waals surface area contributed by atoms with Crippen molar-refractivity contribution in [1.29, 1.82) is 0 Å². The minimum Gasteiger partial charge on any atom is -0.497 e. The van der Waals surface area contributed by atoms with Gasteiger partial charge in [0.15, 0.2) is 0 Å². The summed E-state index contributed by atoms with van der Waals surface area (Å²) in [7, 11) is 3.38. The first-order valence-corrected chi connectivity index (χ1v) is 9.94. The number of methoxy groups -OCH3 is 2. The van der Waals surface area contributed by atoms with E-state index in [1.165, 1.54) is 11.1 Å². The second-order valence-electron chi connectivity index (χ2n) is 6.11. The van der Waals surface area contributed by atoms with E-state index in [1.807, 2.05) is 36.2 Å². The van der Waals surface area contributed by atoms with Gasteiger partial charge < -0.3 is 14.6 Å². The van der Waals surface area contributed by atoms with E-state index in [1.54, 1.807) is 14.2 Å². The minimum absolute atomic E-state index is 0.284. The number of unbranched alkanes of at least 4 members (excludes halogenated alkanes) is 2. The number of rotatable bonds is 12. The number of benzene rings is 2. The molecule has 5 heteroatoms. The summed E-state index contributed by atoms with van der Waals surface area (Å²) in [5, 5.41) is 8.91. The summed E-state index contributed by atoms with van der Waals surface area (Å²) in [5.74, 6) is 2.82. The maximum absolute atomic E-state index is 8.91. The zero-order chi connectivity index (χ0) is 18.6. The summed E-state index contributed by atoms with van der Waals surface area (Å²) in [6.07, 6.45) is 3.08. The minimum atomic E-state index is 0.284. The van der Waals surface area contributed by atoms with Gasteiger partial charge in [0.2, 0.25) is 0 Å². The van der Waals surface area contributed by atoms with E-state index in [4.69, 9.17) is 14.6 Å². The lowest BCUT2D eigenvalue weighted by Crippen LogP contribution is -2.16. The second-order valence-corrected chi connectivity index (χ2v) is 7.29. The van der Waals surface area contributed by atoms with E-state index in [0.29, 0.717) is 0 Å². The van der Waals surface area contributed by atoms with Crippen LogP contribution in [0.25, 0.3) is 0 Å². The average Bonchev–Trinajstić information content (AvgIpc) is 2.69. The molecule has 4 nitrogen and oxygen atoms in total. The van der Waals surface area contributed by atoms with Gasteiger partial charge in [-0.25, -0.2) is 4.31 Å². The zero-order valence-electron chi connectivity index (χ0n) is 15.7. The summed E-state index contributed by atoms with van der Waals surface area (Å²) < 4.78 is 12.9. The van der Waals surface area contributed by atoms with Crippen molar-refractivity contribution in [2.24, 2.45) is 0 Å². The molecule has 0 radical (unpaired) electrons. The number of aliphatic hydroxyl groups excluding tert-OH is 1. The normalized spacial score (nSPS) is 10.9. The Morgan fingerprint density at radius 1 is 0.769 bits per heavy atom. The van der Waals surface area contributed by atoms with Crippen molar-refractivity contribution in [3.05, 3.63) is 59.7 Å². The quantitative estimate of drug-likeness (QED) is 0.436. The predicted octanol–water partition coefficient (Wildman–Crippen LogP) is 4.52. The van der Waals surface area contributed by atoms with Crippen LogP contribution >= 0.6 is 11.9 Å². The smallest absolute Gasteiger partial charge is 0.118 e. The Hall–Kier alpha value is -1.69. The Bertz CT molecular complexity index is 567. The van der Waals surface area contributed by atoms with Crippen molar-refractivity contribution >= 4 is 11.9 Å². The number of nitrogens with zero attached hydrogens (tertiary/aromatic N) is 1. The van der Waals surface area contributed by atoms with Gasteiger partial charge in [0.05, 0.1) is 14.2 Å². The number of hydrogen-bond acceptors (Lipinski definition) is 5. The fourth-order valence-corrected chi connectivity index (χ4v) is 3.67. The third-order valence-electron chi connectivity index (χ3n) is 4.11. The molecule has 0 aliphatic heterocycles. The van der Waals surface area contributed by atoms with Crippen LogP contribution in [0.2, 0.25) is 0 Å². The molecule has 0 atom stereocenters. The van der Waals surface area contributed by atoms with Gasteiger partial charge in [0.25, 0.3) is 0 Å². The standard InChI is InChI=1S/C21H29NO3S/c1-24-20-10-6-18(7-11-20)16-22(26-15-5-3-4-14-23)17-19-8-12-21(25-2)13-9-19/h6-13,23H,3-5,14-17H2,1-2H3. The highest BCUT2D eigenvalue weighted by Crippen LogP contribution is 2.23. The highest BCUT2D eigenvalue weighted by atomic mass is 32.2. The molecule has 0 aliphatic carbocycles. The maximum Gasteiger partial charge on any atom is 0.118 e. The van der Waals surface area contributed by atoms with Gasteiger partial charge in [-0.2, -0.15) is 0 Å². The third-order valence-corrected chi connectivity index (χ3v) is 5.21. The topological polar surface area (TPSA) is 41.9 Å². The van der Waals surface area contributed by atoms with Crippen molar-refractivity contribution in [1.82, 2.24) is 4.31 Å². The van der Waals surface area contributed by atoms with Gasteiger partial charge in [0.1, 0.15) is 11.5 Å². The van der Waals surface area contributed by atoms with Crippen LogP contribution in [-0.2, 0) is 13.1 Å². The van der Waals surface area contributed by atoms with E-state index in [-0.39, 0.29) is 6.61 Å². The monoisotopic (exact) mass is 375 g/mol. The van der Waals surface area contributed by atoms with Crippen LogP contribution in [0.5, 0.6) is 11.5 Å². The molecule has 0 fully saturated rings. The summed E-state index contributed by atoms with van der Waals surface area (Å²) in [6.45, 7) is 2.04. The van der Waals surface area contributed by atoms with Crippen LogP contribution in [-0.4, -0.2) is 36.0 Å². The number of hydrogen-bond donors (Lipinski definition) is 1. The SMILES string of the molecule is COc1ccc(CN(Cc2ccc(OC)cc2)SCCCCCO)cc1. The van der Waals surface area contributed by atoms with E-state index >= 15 is 0 Å². The molecular formula is C21H29NO3S. The van der Waals surface area contributed by atoms with Crippen molar-refractivity contribution < 1.29 is 14.6 Å². The van der Waals surface area contributed by atoms with Gasteiger partial charge >= 0.3 is 0 Å². The molecule has 0 unspecified atom stereocenters. The molecule has 0 aromatic heterocycles. The predicted molar refractivity (Wildman–Crippen MR) is 109 cm³/mol. The molecule has 0 aliphatic rings. The van der Waals surface area contributed by atoms with Crippen LogP contribution < -0.4 is 9.47 Å². The molecule has 2 aromatic rings. The molecule has 0 heterocycles. The molecule has 142 valence electrons. The van der Waals surface area contributed by atoms with Crippen LogP contribution in [0.1, 0.15) is 30.4 Å². The summed E-state index contributed by atoms with van der Waals surface area (Å²) in [4.78, 5) is 0. The van der Waals surface area contributed by atoms with Crippen LogP contribution in [0.3, 0.4) is 0 Å². The van der Waals surface area contributed by atoms with Crippen molar-refractivity contribution in [2.75, 3.05) is 26.6 Å². The van der Waals surface area contributed by atoms with Gasteiger partial charge in [-0.3, -0.25) is 0 Å². The Kier molecular flexibility index (Phi) is 9.39. The van der Waals surface area contributed by atoms with Gasteiger partial charge in [-0.1, -0.05) is 42.6 Å². The lowest BCUT2D eigenvalue weighted by atomic mass is 10.2. The average molecular weight is 376 g/mol. The highest BCUT2D eigenvalue weighted by molar-refractivity contribution is 7.96. The van der Waals surface area contributed by atoms with Crippen LogP contribution in [0.15, 0.2) is 48.5 Å². The van der Waals surface area contributed by atoms with E-state index < -0.39 is 0 Å². The number of ether oxygens (including phenoxy) is 2. The first-order chi connectivity index (χ1) is 12.7. The van der Waals surface area contributed by atoms with Crippen LogP contribution in [0.4, 0.5) is 0 Å². The van der Waals surface area contributed by atoms with Gasteiger partial charge in [-0.15, -0.1) is 0 Å². The Morgan fingerprint density at radius 2 is 1.27 bits per heavy atom. The summed E-state index contributed by atoms with van der Waals surface area (Å²) in [5.41, 5.74) is 2.53. The molecule has 1 N–H and O–H groups in total. The molecule has 0 bridgehead atoms. The first kappa shape index (κ1) is 20.6. The van der Waals surface area contributed by atoms with Crippen LogP contribution in [0, 0.1) is 0 Å². The van der Waals surface area contributed by atoms with Crippen molar-refractivity contribution in [2.45, 2.75) is 32.4 Å². The molecule has 2 rings (SSSR count). The lowest BCUT2D eigenvalue weighted by Gasteiger charge is -2.22. The van der Waals surface area contributed by atoms with Gasteiger partial charge in [0, 0.05) is 25.4 Å². The molecule has 0 spiro atoms. The number of aliphatic hydroxyl groups is 1. The summed E-state index contributed by atoms with van der Waals surface area (Å²) >= 11 is 1.87. The molecule has 0 saturated carbocycles. The van der Waals surface area contributed by atoms with E-state index in [9.17, 15) is 0 Å². The molecule has 0 amide bonds. The van der Waals surface area contributed by atoms with Crippen molar-refractivity contribution in [3.8, 4) is 11.5 Å². The fourth-order valence-electron chi connectivity index (χ4n) is 2.60. The third kappa shape index (κ3) is 7.28. The van der Waals surface area contributed by atoms with E-state index in [0.717, 1.165) is 49.6 Å². The highest BCUT2D eigenvalue weighted by Gasteiger charge is 2.09. The molecule has 0 saturated heterocycles. The Morgan fingerprint density at radius 3 is 1.69 bits per heavy atom. The largest absolute Gasteiger partial charge is 0.497 e. The molecule has 26 heavy (non-hydrogen) atoms. The zero-order valence-corrected chi connectivity index (χ0v) is 16.5. The fraction of sp³-hybridized carbons (Fsp3) is 0.429. The summed E-state index contributed by atoms with van der Waals surface area (Å²) in [6, 6.07) is 16.5.